The number of aliphatic hydroxyl groups is 1. The maximum atomic E-state index is 12.1. The van der Waals surface area contributed by atoms with Crippen LogP contribution >= 0.6 is 11.3 Å². The lowest BCUT2D eigenvalue weighted by Crippen LogP contribution is -2.32. The summed E-state index contributed by atoms with van der Waals surface area (Å²) in [6, 6.07) is 2.00. The van der Waals surface area contributed by atoms with Crippen LogP contribution in [0.5, 0.6) is 0 Å². The summed E-state index contributed by atoms with van der Waals surface area (Å²) in [6.45, 7) is 1.64. The molecule has 0 atom stereocenters. The molecule has 1 fully saturated rings. The molecule has 1 saturated heterocycles. The Bertz CT molecular complexity index is 498. The van der Waals surface area contributed by atoms with Gasteiger partial charge in [0.05, 0.1) is 13.2 Å². The second-order valence-electron chi connectivity index (χ2n) is 5.01. The van der Waals surface area contributed by atoms with E-state index in [2.05, 4.69) is 11.8 Å². The molecule has 108 valence electrons. The highest BCUT2D eigenvalue weighted by Crippen LogP contribution is 2.21. The molecule has 0 radical (unpaired) electrons. The molecule has 2 rings (SSSR count). The molecule has 0 saturated carbocycles. The second-order valence-corrected chi connectivity index (χ2v) is 6.01. The van der Waals surface area contributed by atoms with Gasteiger partial charge < -0.3 is 10.0 Å². The van der Waals surface area contributed by atoms with Gasteiger partial charge in [0.15, 0.2) is 0 Å². The van der Waals surface area contributed by atoms with Gasteiger partial charge in [-0.25, -0.2) is 0 Å². The normalized spacial score (nSPS) is 16.2. The minimum absolute atomic E-state index is 0.0943. The first-order valence-corrected chi connectivity index (χ1v) is 8.13. The van der Waals surface area contributed by atoms with Crippen LogP contribution in [0.25, 0.3) is 0 Å². The topological polar surface area (TPSA) is 40.5 Å². The first-order valence-electron chi connectivity index (χ1n) is 7.25. The number of amides is 1. The Labute approximate surface area is 124 Å². The van der Waals surface area contributed by atoms with Crippen LogP contribution in [0.15, 0.2) is 11.4 Å². The molecule has 3 nitrogen and oxygen atoms in total. The average Bonchev–Trinajstić information content (AvgIpc) is 2.86. The molecule has 1 aliphatic heterocycles. The van der Waals surface area contributed by atoms with Crippen molar-refractivity contribution < 1.29 is 9.90 Å². The molecular formula is C16H21NO2S. The van der Waals surface area contributed by atoms with Crippen molar-refractivity contribution in [1.82, 2.24) is 4.90 Å². The number of hydrogen-bond donors (Lipinski definition) is 1. The Kier molecular flexibility index (Phi) is 6.10. The van der Waals surface area contributed by atoms with Gasteiger partial charge in [-0.1, -0.05) is 24.7 Å². The number of rotatable bonds is 3. The highest BCUT2D eigenvalue weighted by atomic mass is 32.1. The number of likely N-dealkylation sites (tertiary alicyclic amines) is 1. The van der Waals surface area contributed by atoms with Gasteiger partial charge in [0.2, 0.25) is 5.91 Å². The molecule has 1 aromatic heterocycles. The highest BCUT2D eigenvalue weighted by molar-refractivity contribution is 7.10. The minimum atomic E-state index is 0.0943. The monoisotopic (exact) mass is 291 g/mol. The van der Waals surface area contributed by atoms with Gasteiger partial charge in [0.1, 0.15) is 0 Å². The van der Waals surface area contributed by atoms with E-state index < -0.39 is 0 Å². The first kappa shape index (κ1) is 15.1. The van der Waals surface area contributed by atoms with Gasteiger partial charge in [0, 0.05) is 29.8 Å². The lowest BCUT2D eigenvalue weighted by atomic mass is 10.1. The first-order chi connectivity index (χ1) is 9.81. The lowest BCUT2D eigenvalue weighted by Gasteiger charge is -2.24. The van der Waals surface area contributed by atoms with E-state index in [9.17, 15) is 4.79 Å². The average molecular weight is 291 g/mol. The summed E-state index contributed by atoms with van der Waals surface area (Å²) in [5.41, 5.74) is 0.998. The fraction of sp³-hybridized carbons (Fsp3) is 0.562. The van der Waals surface area contributed by atoms with E-state index in [-0.39, 0.29) is 12.5 Å². The van der Waals surface area contributed by atoms with Crippen LogP contribution in [0.3, 0.4) is 0 Å². The van der Waals surface area contributed by atoms with Gasteiger partial charge in [0.25, 0.3) is 0 Å². The van der Waals surface area contributed by atoms with Crippen molar-refractivity contribution in [3.8, 4) is 11.8 Å². The van der Waals surface area contributed by atoms with E-state index in [1.807, 2.05) is 16.3 Å². The van der Waals surface area contributed by atoms with Gasteiger partial charge >= 0.3 is 0 Å². The van der Waals surface area contributed by atoms with Crippen molar-refractivity contribution in [3.63, 3.8) is 0 Å². The maximum absolute atomic E-state index is 12.1. The number of thiophene rings is 1. The van der Waals surface area contributed by atoms with Crippen LogP contribution in [0, 0.1) is 11.8 Å². The van der Waals surface area contributed by atoms with Crippen LogP contribution in [-0.4, -0.2) is 29.1 Å². The Morgan fingerprint density at radius 3 is 3.00 bits per heavy atom. The van der Waals surface area contributed by atoms with Gasteiger partial charge in [-0.15, -0.1) is 11.3 Å². The van der Waals surface area contributed by atoms with Crippen molar-refractivity contribution in [2.24, 2.45) is 0 Å². The summed E-state index contributed by atoms with van der Waals surface area (Å²) in [4.78, 5) is 15.3. The van der Waals surface area contributed by atoms with E-state index in [1.54, 1.807) is 11.3 Å². The smallest absolute Gasteiger partial charge is 0.222 e. The van der Waals surface area contributed by atoms with Crippen LogP contribution in [0.1, 0.15) is 49.0 Å². The number of carbonyl (C=O) groups is 1. The molecule has 1 N–H and O–H groups in total. The van der Waals surface area contributed by atoms with Crippen molar-refractivity contribution in [2.45, 2.75) is 45.1 Å². The lowest BCUT2D eigenvalue weighted by molar-refractivity contribution is -0.132. The molecule has 20 heavy (non-hydrogen) atoms. The van der Waals surface area contributed by atoms with Crippen LogP contribution in [0.4, 0.5) is 0 Å². The number of aliphatic hydroxyl groups excluding tert-OH is 1. The zero-order chi connectivity index (χ0) is 14.2. The standard InChI is InChI=1S/C16H21NO2S/c18-11-6-4-7-14-9-12-20-15(14)13-17-10-5-2-1-3-8-16(17)19/h9,12,18H,1-3,5-6,8,10-11,13H2. The summed E-state index contributed by atoms with van der Waals surface area (Å²) < 4.78 is 0. The Morgan fingerprint density at radius 1 is 1.30 bits per heavy atom. The Hall–Kier alpha value is -1.31. The van der Waals surface area contributed by atoms with Crippen LogP contribution < -0.4 is 0 Å². The summed E-state index contributed by atoms with van der Waals surface area (Å²) >= 11 is 1.66. The number of nitrogens with zero attached hydrogens (tertiary/aromatic N) is 1. The predicted molar refractivity (Wildman–Crippen MR) is 81.4 cm³/mol. The molecule has 0 spiro atoms. The summed E-state index contributed by atoms with van der Waals surface area (Å²) in [5.74, 6) is 6.31. The van der Waals surface area contributed by atoms with E-state index in [0.29, 0.717) is 19.4 Å². The minimum Gasteiger partial charge on any atom is -0.395 e. The van der Waals surface area contributed by atoms with E-state index in [1.165, 1.54) is 12.8 Å². The quantitative estimate of drug-likeness (QED) is 0.870. The van der Waals surface area contributed by atoms with Crippen molar-refractivity contribution >= 4 is 17.2 Å². The van der Waals surface area contributed by atoms with Crippen molar-refractivity contribution in [3.05, 3.63) is 21.9 Å². The van der Waals surface area contributed by atoms with Crippen LogP contribution in [0.2, 0.25) is 0 Å². The number of carbonyl (C=O) groups excluding carboxylic acids is 1. The predicted octanol–water partition coefficient (Wildman–Crippen LogP) is 2.77. The molecule has 1 aliphatic rings. The van der Waals surface area contributed by atoms with Gasteiger partial charge in [-0.05, 0) is 24.3 Å². The zero-order valence-corrected chi connectivity index (χ0v) is 12.5. The molecule has 0 aliphatic carbocycles. The fourth-order valence-corrected chi connectivity index (χ4v) is 3.19. The number of hydrogen-bond acceptors (Lipinski definition) is 3. The summed E-state index contributed by atoms with van der Waals surface area (Å²) in [7, 11) is 0. The Balaban J connectivity index is 2.03. The van der Waals surface area contributed by atoms with Gasteiger partial charge in [-0.3, -0.25) is 4.79 Å². The van der Waals surface area contributed by atoms with E-state index in [4.69, 9.17) is 5.11 Å². The molecule has 4 heteroatoms. The molecule has 0 bridgehead atoms. The van der Waals surface area contributed by atoms with Crippen LogP contribution in [-0.2, 0) is 11.3 Å². The summed E-state index contributed by atoms with van der Waals surface area (Å²) in [6.07, 6.45) is 5.69. The zero-order valence-electron chi connectivity index (χ0n) is 11.7. The highest BCUT2D eigenvalue weighted by Gasteiger charge is 2.17. The molecular weight excluding hydrogens is 270 g/mol. The molecule has 0 aromatic carbocycles. The third kappa shape index (κ3) is 4.36. The maximum Gasteiger partial charge on any atom is 0.222 e. The molecule has 0 unspecified atom stereocenters. The van der Waals surface area contributed by atoms with E-state index >= 15 is 0 Å². The van der Waals surface area contributed by atoms with E-state index in [0.717, 1.165) is 29.8 Å². The van der Waals surface area contributed by atoms with Crippen molar-refractivity contribution in [1.29, 1.82) is 0 Å². The van der Waals surface area contributed by atoms with Crippen molar-refractivity contribution in [2.75, 3.05) is 13.2 Å². The summed E-state index contributed by atoms with van der Waals surface area (Å²) in [5, 5.41) is 10.8. The second kappa shape index (κ2) is 8.08. The fourth-order valence-electron chi connectivity index (χ4n) is 2.34. The van der Waals surface area contributed by atoms with Gasteiger partial charge in [-0.2, -0.15) is 0 Å². The molecule has 1 amide bonds. The largest absolute Gasteiger partial charge is 0.395 e. The SMILES string of the molecule is O=C1CCCCCCN1Cc1sccc1C#CCCO. The molecule has 2 heterocycles. The molecule has 1 aromatic rings. The Morgan fingerprint density at radius 2 is 2.15 bits per heavy atom. The third-order valence-corrected chi connectivity index (χ3v) is 4.37. The third-order valence-electron chi connectivity index (χ3n) is 3.46.